The van der Waals surface area contributed by atoms with Gasteiger partial charge in [0, 0.05) is 17.6 Å². The van der Waals surface area contributed by atoms with Gasteiger partial charge in [-0.25, -0.2) is 0 Å². The maximum atomic E-state index is 12.7. The Morgan fingerprint density at radius 1 is 0.967 bits per heavy atom. The van der Waals surface area contributed by atoms with E-state index in [1.807, 2.05) is 73.8 Å². The summed E-state index contributed by atoms with van der Waals surface area (Å²) in [5, 5.41) is 8.30. The number of amides is 2. The van der Waals surface area contributed by atoms with Gasteiger partial charge in [-0.05, 0) is 42.0 Å². The third-order valence-corrected chi connectivity index (χ3v) is 5.91. The van der Waals surface area contributed by atoms with Gasteiger partial charge >= 0.3 is 0 Å². The van der Waals surface area contributed by atoms with Gasteiger partial charge in [-0.2, -0.15) is 0 Å². The molecule has 30 heavy (non-hydrogen) atoms. The van der Waals surface area contributed by atoms with Crippen molar-refractivity contribution in [1.29, 1.82) is 0 Å². The van der Waals surface area contributed by atoms with Crippen LogP contribution >= 0.6 is 11.3 Å². The fraction of sp³-hybridized carbons (Fsp3) is 0.250. The van der Waals surface area contributed by atoms with E-state index in [-0.39, 0.29) is 30.9 Å². The van der Waals surface area contributed by atoms with Crippen molar-refractivity contribution in [3.63, 3.8) is 0 Å². The van der Waals surface area contributed by atoms with Crippen molar-refractivity contribution in [2.75, 3.05) is 25.5 Å². The molecule has 0 aliphatic rings. The Hall–Kier alpha value is -2.96. The fourth-order valence-electron chi connectivity index (χ4n) is 3.30. The molecule has 3 aromatic rings. The third-order valence-electron chi connectivity index (χ3n) is 4.97. The third kappa shape index (κ3) is 5.55. The number of nitrogens with one attached hydrogen (secondary N) is 2. The van der Waals surface area contributed by atoms with Crippen LogP contribution in [0, 0.1) is 13.8 Å². The zero-order valence-electron chi connectivity index (χ0n) is 17.5. The van der Waals surface area contributed by atoms with Gasteiger partial charge in [-0.3, -0.25) is 14.9 Å². The normalized spacial score (nSPS) is 11.7. The van der Waals surface area contributed by atoms with Gasteiger partial charge < -0.3 is 10.2 Å². The molecule has 0 saturated carbocycles. The lowest BCUT2D eigenvalue weighted by molar-refractivity contribution is -0.132. The first-order valence-corrected chi connectivity index (χ1v) is 10.8. The Labute approximate surface area is 181 Å². The van der Waals surface area contributed by atoms with Crippen LogP contribution in [0.1, 0.15) is 27.6 Å². The molecule has 5 nitrogen and oxygen atoms in total. The first kappa shape index (κ1) is 21.7. The number of thiophene rings is 1. The summed E-state index contributed by atoms with van der Waals surface area (Å²) >= 11 is 1.65. The molecule has 0 fully saturated rings. The predicted molar refractivity (Wildman–Crippen MR) is 123 cm³/mol. The highest BCUT2D eigenvalue weighted by Crippen LogP contribution is 2.25. The molecule has 0 saturated heterocycles. The van der Waals surface area contributed by atoms with Crippen molar-refractivity contribution in [2.24, 2.45) is 0 Å². The van der Waals surface area contributed by atoms with E-state index in [4.69, 9.17) is 0 Å². The highest BCUT2D eigenvalue weighted by Gasteiger charge is 2.19. The molecular formula is C24H27N3O2S. The molecule has 1 heterocycles. The lowest BCUT2D eigenvalue weighted by Gasteiger charge is -2.21. The van der Waals surface area contributed by atoms with Gasteiger partial charge in [0.2, 0.25) is 11.8 Å². The van der Waals surface area contributed by atoms with E-state index in [9.17, 15) is 9.59 Å². The molecule has 6 heteroatoms. The summed E-state index contributed by atoms with van der Waals surface area (Å²) < 4.78 is 0. The average molecular weight is 422 g/mol. The maximum absolute atomic E-state index is 12.7. The lowest BCUT2D eigenvalue weighted by Crippen LogP contribution is -2.41. The second-order valence-corrected chi connectivity index (χ2v) is 8.28. The van der Waals surface area contributed by atoms with Gasteiger partial charge in [-0.1, -0.05) is 54.6 Å². The number of carbonyl (C=O) groups excluding carboxylic acids is 2. The molecule has 0 aliphatic carbocycles. The number of anilines is 1. The lowest BCUT2D eigenvalue weighted by atomic mass is 10.1. The number of benzene rings is 2. The van der Waals surface area contributed by atoms with Crippen LogP contribution < -0.4 is 10.6 Å². The molecule has 2 N–H and O–H groups in total. The van der Waals surface area contributed by atoms with Crippen molar-refractivity contribution in [1.82, 2.24) is 10.2 Å². The first-order valence-electron chi connectivity index (χ1n) is 9.87. The predicted octanol–water partition coefficient (Wildman–Crippen LogP) is 4.14. The molecule has 0 radical (unpaired) electrons. The largest absolute Gasteiger partial charge is 0.335 e. The van der Waals surface area contributed by atoms with E-state index >= 15 is 0 Å². The van der Waals surface area contributed by atoms with E-state index in [2.05, 4.69) is 16.7 Å². The van der Waals surface area contributed by atoms with E-state index in [1.165, 1.54) is 4.90 Å². The number of hydrogen-bond acceptors (Lipinski definition) is 4. The minimum Gasteiger partial charge on any atom is -0.335 e. The quantitative estimate of drug-likeness (QED) is 0.575. The molecule has 2 aromatic carbocycles. The van der Waals surface area contributed by atoms with E-state index < -0.39 is 0 Å². The summed E-state index contributed by atoms with van der Waals surface area (Å²) in [5.74, 6) is -0.342. The summed E-state index contributed by atoms with van der Waals surface area (Å²) in [6.07, 6.45) is 0. The molecule has 1 atom stereocenters. The number of likely N-dealkylation sites (N-methyl/N-ethyl adjacent to an activating group) is 1. The van der Waals surface area contributed by atoms with Crippen molar-refractivity contribution in [2.45, 2.75) is 19.9 Å². The monoisotopic (exact) mass is 421 g/mol. The van der Waals surface area contributed by atoms with Crippen LogP contribution in [-0.2, 0) is 9.59 Å². The van der Waals surface area contributed by atoms with E-state index in [0.29, 0.717) is 0 Å². The first-order chi connectivity index (χ1) is 14.5. The summed E-state index contributed by atoms with van der Waals surface area (Å²) in [6.45, 7) is 4.05. The van der Waals surface area contributed by atoms with Crippen molar-refractivity contribution in [3.8, 4) is 0 Å². The Kier molecular flexibility index (Phi) is 7.38. The molecule has 156 valence electrons. The molecule has 0 aliphatic heterocycles. The van der Waals surface area contributed by atoms with Gasteiger partial charge in [0.15, 0.2) is 0 Å². The van der Waals surface area contributed by atoms with Crippen LogP contribution in [0.2, 0.25) is 0 Å². The smallest absolute Gasteiger partial charge is 0.243 e. The molecular weight excluding hydrogens is 394 g/mol. The standard InChI is InChI=1S/C24H27N3O2S/c1-17-9-7-10-18(2)23(17)26-21(28)16-27(3)22(29)15-25-24(20-13-8-14-30-20)19-11-5-4-6-12-19/h4-14,24-25H,15-16H2,1-3H3,(H,26,28)/t24-/m0/s1. The zero-order valence-corrected chi connectivity index (χ0v) is 18.3. The number of carbonyl (C=O) groups is 2. The number of hydrogen-bond donors (Lipinski definition) is 2. The maximum Gasteiger partial charge on any atom is 0.243 e. The van der Waals surface area contributed by atoms with Gasteiger partial charge in [0.25, 0.3) is 0 Å². The van der Waals surface area contributed by atoms with Gasteiger partial charge in [-0.15, -0.1) is 11.3 Å². The minimum atomic E-state index is -0.207. The number of rotatable bonds is 8. The van der Waals surface area contributed by atoms with Crippen LogP contribution in [0.3, 0.4) is 0 Å². The van der Waals surface area contributed by atoms with Gasteiger partial charge in [0.05, 0.1) is 19.1 Å². The Morgan fingerprint density at radius 2 is 1.67 bits per heavy atom. The average Bonchev–Trinajstić information content (AvgIpc) is 3.26. The zero-order chi connectivity index (χ0) is 21.5. The van der Waals surface area contributed by atoms with Crippen molar-refractivity contribution < 1.29 is 9.59 Å². The van der Waals surface area contributed by atoms with Crippen molar-refractivity contribution >= 4 is 28.8 Å². The van der Waals surface area contributed by atoms with Gasteiger partial charge in [0.1, 0.15) is 0 Å². The van der Waals surface area contributed by atoms with Crippen LogP contribution in [0.25, 0.3) is 0 Å². The molecule has 0 bridgehead atoms. The van der Waals surface area contributed by atoms with Crippen LogP contribution in [0.4, 0.5) is 5.69 Å². The summed E-state index contributed by atoms with van der Waals surface area (Å²) in [4.78, 5) is 27.7. The van der Waals surface area contributed by atoms with Crippen molar-refractivity contribution in [3.05, 3.63) is 87.6 Å². The van der Waals surface area contributed by atoms with E-state index in [1.54, 1.807) is 18.4 Å². The molecule has 2 amide bonds. The number of para-hydroxylation sites is 1. The molecule has 3 rings (SSSR count). The number of nitrogens with zero attached hydrogens (tertiary/aromatic N) is 1. The number of aryl methyl sites for hydroxylation is 2. The SMILES string of the molecule is Cc1cccc(C)c1NC(=O)CN(C)C(=O)CN[C@@H](c1ccccc1)c1cccs1. The van der Waals surface area contributed by atoms with Crippen LogP contribution in [0.5, 0.6) is 0 Å². The summed E-state index contributed by atoms with van der Waals surface area (Å²) in [6, 6.07) is 19.9. The second kappa shape index (κ2) is 10.2. The topological polar surface area (TPSA) is 61.4 Å². The molecule has 0 unspecified atom stereocenters. The Morgan fingerprint density at radius 3 is 2.30 bits per heavy atom. The molecule has 0 spiro atoms. The highest BCUT2D eigenvalue weighted by atomic mass is 32.1. The Bertz CT molecular complexity index is 967. The highest BCUT2D eigenvalue weighted by molar-refractivity contribution is 7.10. The summed E-state index contributed by atoms with van der Waals surface area (Å²) in [5.41, 5.74) is 3.91. The van der Waals surface area contributed by atoms with Crippen LogP contribution in [-0.4, -0.2) is 36.9 Å². The Balaban J connectivity index is 1.58. The second-order valence-electron chi connectivity index (χ2n) is 7.30. The van der Waals surface area contributed by atoms with Crippen LogP contribution in [0.15, 0.2) is 66.0 Å². The molecule has 1 aromatic heterocycles. The van der Waals surface area contributed by atoms with E-state index in [0.717, 1.165) is 27.3 Å². The fourth-order valence-corrected chi connectivity index (χ4v) is 4.13. The summed E-state index contributed by atoms with van der Waals surface area (Å²) in [7, 11) is 1.65. The minimum absolute atomic E-state index is 0.00327.